The van der Waals surface area contributed by atoms with Crippen molar-refractivity contribution in [2.75, 3.05) is 6.54 Å². The SMILES string of the molecule is Cc1cc(CC(C)(C)CN)c(C)s1. The third kappa shape index (κ3) is 2.82. The van der Waals surface area contributed by atoms with Crippen LogP contribution in [0.4, 0.5) is 0 Å². The van der Waals surface area contributed by atoms with Crippen LogP contribution in [-0.4, -0.2) is 6.54 Å². The predicted octanol–water partition coefficient (Wildman–Crippen LogP) is 2.89. The van der Waals surface area contributed by atoms with E-state index in [2.05, 4.69) is 33.8 Å². The highest BCUT2D eigenvalue weighted by Crippen LogP contribution is 2.27. The van der Waals surface area contributed by atoms with E-state index in [0.29, 0.717) is 0 Å². The molecule has 1 aromatic heterocycles. The lowest BCUT2D eigenvalue weighted by Crippen LogP contribution is -2.25. The Morgan fingerprint density at radius 3 is 2.38 bits per heavy atom. The molecule has 0 amide bonds. The van der Waals surface area contributed by atoms with Crippen LogP contribution in [0, 0.1) is 19.3 Å². The van der Waals surface area contributed by atoms with Gasteiger partial charge in [-0.25, -0.2) is 0 Å². The molecule has 1 nitrogen and oxygen atoms in total. The molecule has 0 fully saturated rings. The summed E-state index contributed by atoms with van der Waals surface area (Å²) in [7, 11) is 0. The molecule has 0 aliphatic carbocycles. The van der Waals surface area contributed by atoms with Crippen molar-refractivity contribution in [3.05, 3.63) is 21.4 Å². The standard InChI is InChI=1S/C11H19NS/c1-8-5-10(9(2)13-8)6-11(3,4)7-12/h5H,6-7,12H2,1-4H3. The summed E-state index contributed by atoms with van der Waals surface area (Å²) in [6.45, 7) is 9.55. The number of aryl methyl sites for hydroxylation is 2. The van der Waals surface area contributed by atoms with Gasteiger partial charge in [0.25, 0.3) is 0 Å². The molecule has 2 N–H and O–H groups in total. The minimum absolute atomic E-state index is 0.234. The monoisotopic (exact) mass is 197 g/mol. The molecule has 0 saturated heterocycles. The van der Waals surface area contributed by atoms with Crippen molar-refractivity contribution in [1.29, 1.82) is 0 Å². The summed E-state index contributed by atoms with van der Waals surface area (Å²) in [5.74, 6) is 0. The number of nitrogens with two attached hydrogens (primary N) is 1. The van der Waals surface area contributed by atoms with E-state index < -0.39 is 0 Å². The first-order chi connectivity index (χ1) is 5.94. The van der Waals surface area contributed by atoms with Gasteiger partial charge in [-0.1, -0.05) is 13.8 Å². The maximum atomic E-state index is 5.71. The topological polar surface area (TPSA) is 26.0 Å². The van der Waals surface area contributed by atoms with E-state index in [1.54, 1.807) is 0 Å². The summed E-state index contributed by atoms with van der Waals surface area (Å²) in [6, 6.07) is 2.29. The quantitative estimate of drug-likeness (QED) is 0.792. The number of hydrogen-bond acceptors (Lipinski definition) is 2. The van der Waals surface area contributed by atoms with Crippen molar-refractivity contribution in [1.82, 2.24) is 0 Å². The second-order valence-electron chi connectivity index (χ2n) is 4.48. The molecule has 13 heavy (non-hydrogen) atoms. The predicted molar refractivity (Wildman–Crippen MR) is 60.3 cm³/mol. The number of rotatable bonds is 3. The Morgan fingerprint density at radius 2 is 2.00 bits per heavy atom. The van der Waals surface area contributed by atoms with Crippen LogP contribution in [0.3, 0.4) is 0 Å². The van der Waals surface area contributed by atoms with E-state index in [-0.39, 0.29) is 5.41 Å². The fourth-order valence-electron chi connectivity index (χ4n) is 1.45. The van der Waals surface area contributed by atoms with Crippen LogP contribution in [-0.2, 0) is 6.42 Å². The molecule has 0 radical (unpaired) electrons. The van der Waals surface area contributed by atoms with Crippen molar-refractivity contribution in [3.8, 4) is 0 Å². The molecule has 1 heterocycles. The third-order valence-electron chi connectivity index (χ3n) is 2.37. The van der Waals surface area contributed by atoms with Gasteiger partial charge in [0.05, 0.1) is 0 Å². The van der Waals surface area contributed by atoms with Gasteiger partial charge >= 0.3 is 0 Å². The molecule has 1 aromatic rings. The van der Waals surface area contributed by atoms with Gasteiger partial charge in [0.1, 0.15) is 0 Å². The van der Waals surface area contributed by atoms with Gasteiger partial charge in [-0.05, 0) is 43.9 Å². The molecule has 0 aliphatic rings. The summed E-state index contributed by atoms with van der Waals surface area (Å²) < 4.78 is 0. The molecular formula is C11H19NS. The largest absolute Gasteiger partial charge is 0.330 e. The van der Waals surface area contributed by atoms with Gasteiger partial charge in [-0.2, -0.15) is 0 Å². The van der Waals surface area contributed by atoms with Gasteiger partial charge in [-0.3, -0.25) is 0 Å². The molecule has 0 bridgehead atoms. The summed E-state index contributed by atoms with van der Waals surface area (Å²) in [5, 5.41) is 0. The van der Waals surface area contributed by atoms with Gasteiger partial charge in [0.15, 0.2) is 0 Å². The average Bonchev–Trinajstić information content (AvgIpc) is 2.30. The highest BCUT2D eigenvalue weighted by Gasteiger charge is 2.18. The van der Waals surface area contributed by atoms with E-state index in [0.717, 1.165) is 13.0 Å². The maximum Gasteiger partial charge on any atom is 0.00492 e. The Bertz CT molecular complexity index is 286. The Balaban J connectivity index is 2.79. The lowest BCUT2D eigenvalue weighted by Gasteiger charge is -2.21. The first-order valence-corrected chi connectivity index (χ1v) is 5.52. The first-order valence-electron chi connectivity index (χ1n) is 4.70. The van der Waals surface area contributed by atoms with Gasteiger partial charge in [-0.15, -0.1) is 11.3 Å². The Hall–Kier alpha value is -0.340. The second kappa shape index (κ2) is 3.81. The van der Waals surface area contributed by atoms with Crippen LogP contribution in [0.25, 0.3) is 0 Å². The molecule has 0 aliphatic heterocycles. The van der Waals surface area contributed by atoms with Gasteiger partial charge in [0, 0.05) is 9.75 Å². The van der Waals surface area contributed by atoms with Crippen LogP contribution >= 0.6 is 11.3 Å². The zero-order valence-electron chi connectivity index (χ0n) is 8.98. The van der Waals surface area contributed by atoms with Gasteiger partial charge in [0.2, 0.25) is 0 Å². The lowest BCUT2D eigenvalue weighted by atomic mass is 9.86. The Labute approximate surface area is 85.0 Å². The highest BCUT2D eigenvalue weighted by atomic mass is 32.1. The summed E-state index contributed by atoms with van der Waals surface area (Å²) in [4.78, 5) is 2.85. The third-order valence-corrected chi connectivity index (χ3v) is 3.37. The van der Waals surface area contributed by atoms with Crippen molar-refractivity contribution in [2.24, 2.45) is 11.1 Å². The molecular weight excluding hydrogens is 178 g/mol. The van der Waals surface area contributed by atoms with Crippen LogP contribution in [0.15, 0.2) is 6.07 Å². The second-order valence-corrected chi connectivity index (χ2v) is 5.94. The minimum Gasteiger partial charge on any atom is -0.330 e. The smallest absolute Gasteiger partial charge is 0.00492 e. The van der Waals surface area contributed by atoms with E-state index in [1.807, 2.05) is 11.3 Å². The lowest BCUT2D eigenvalue weighted by molar-refractivity contribution is 0.376. The summed E-state index contributed by atoms with van der Waals surface area (Å²) >= 11 is 1.88. The van der Waals surface area contributed by atoms with Crippen molar-refractivity contribution < 1.29 is 0 Å². The molecule has 0 spiro atoms. The van der Waals surface area contributed by atoms with E-state index in [4.69, 9.17) is 5.73 Å². The van der Waals surface area contributed by atoms with E-state index in [9.17, 15) is 0 Å². The summed E-state index contributed by atoms with van der Waals surface area (Å²) in [5.41, 5.74) is 7.42. The van der Waals surface area contributed by atoms with Crippen molar-refractivity contribution in [3.63, 3.8) is 0 Å². The maximum absolute atomic E-state index is 5.71. The van der Waals surface area contributed by atoms with Crippen molar-refractivity contribution in [2.45, 2.75) is 34.1 Å². The average molecular weight is 197 g/mol. The molecule has 74 valence electrons. The fourth-order valence-corrected chi connectivity index (χ4v) is 2.39. The van der Waals surface area contributed by atoms with Crippen LogP contribution in [0.2, 0.25) is 0 Å². The van der Waals surface area contributed by atoms with Crippen LogP contribution in [0.1, 0.15) is 29.2 Å². The molecule has 2 heteroatoms. The Kier molecular flexibility index (Phi) is 3.14. The normalized spacial score (nSPS) is 12.1. The van der Waals surface area contributed by atoms with Crippen molar-refractivity contribution >= 4 is 11.3 Å². The molecule has 0 aromatic carbocycles. The van der Waals surface area contributed by atoms with Crippen LogP contribution in [0.5, 0.6) is 0 Å². The number of thiophene rings is 1. The van der Waals surface area contributed by atoms with Crippen LogP contribution < -0.4 is 5.73 Å². The zero-order chi connectivity index (χ0) is 10.1. The first kappa shape index (κ1) is 10.7. The fraction of sp³-hybridized carbons (Fsp3) is 0.636. The van der Waals surface area contributed by atoms with E-state index >= 15 is 0 Å². The van der Waals surface area contributed by atoms with Gasteiger partial charge < -0.3 is 5.73 Å². The molecule has 0 saturated carbocycles. The zero-order valence-corrected chi connectivity index (χ0v) is 9.79. The molecule has 0 atom stereocenters. The highest BCUT2D eigenvalue weighted by molar-refractivity contribution is 7.12. The van der Waals surface area contributed by atoms with E-state index in [1.165, 1.54) is 15.3 Å². The summed E-state index contributed by atoms with van der Waals surface area (Å²) in [6.07, 6.45) is 1.10. The molecule has 1 rings (SSSR count). The molecule has 0 unspecified atom stereocenters. The Morgan fingerprint density at radius 1 is 1.38 bits per heavy atom. The minimum atomic E-state index is 0.234. The number of hydrogen-bond donors (Lipinski definition) is 1.